The molecular weight excluding hydrogens is 592 g/mol. The largest absolute Gasteiger partial charge is 0.370 e. The first-order chi connectivity index (χ1) is 20.6. The highest BCUT2D eigenvalue weighted by molar-refractivity contribution is 6.31. The van der Waals surface area contributed by atoms with Crippen molar-refractivity contribution in [2.24, 2.45) is 22.2 Å². The summed E-state index contributed by atoms with van der Waals surface area (Å²) in [6.45, 7) is 5.24. The number of aromatic nitrogens is 4. The van der Waals surface area contributed by atoms with Crippen LogP contribution in [0.15, 0.2) is 46.4 Å². The van der Waals surface area contributed by atoms with Crippen molar-refractivity contribution in [1.82, 2.24) is 24.8 Å². The minimum atomic E-state index is -0.544. The monoisotopic (exact) mass is 629 g/mol. The fourth-order valence-electron chi connectivity index (χ4n) is 4.95. The second-order valence-corrected chi connectivity index (χ2v) is 11.5. The van der Waals surface area contributed by atoms with E-state index in [-0.39, 0.29) is 23.1 Å². The molecule has 4 rings (SSSR count). The third-order valence-electron chi connectivity index (χ3n) is 7.07. The summed E-state index contributed by atoms with van der Waals surface area (Å²) in [6, 6.07) is 6.86. The Balaban J connectivity index is 1.60. The molecule has 2 unspecified atom stereocenters. The number of guanidine groups is 1. The number of pyridine rings is 1. The van der Waals surface area contributed by atoms with E-state index < -0.39 is 11.5 Å². The Morgan fingerprint density at radius 2 is 1.95 bits per heavy atom. The minimum Gasteiger partial charge on any atom is -0.370 e. The number of hydrogen-bond donors (Lipinski definition) is 5. The number of aryl methyl sites for hydroxylation is 1. The molecule has 0 aliphatic heterocycles. The molecule has 0 saturated heterocycles. The van der Waals surface area contributed by atoms with Crippen LogP contribution in [0.25, 0.3) is 28.0 Å². The molecule has 0 fully saturated rings. The van der Waals surface area contributed by atoms with Gasteiger partial charge in [0.15, 0.2) is 11.8 Å². The normalized spacial score (nSPS) is 12.9. The first-order valence-electron chi connectivity index (χ1n) is 14.4. The minimum absolute atomic E-state index is 0.0323. The molecule has 1 aromatic carbocycles. The van der Waals surface area contributed by atoms with Gasteiger partial charge in [-0.1, -0.05) is 36.5 Å². The lowest BCUT2D eigenvalue weighted by atomic mass is 10.0. The van der Waals surface area contributed by atoms with Gasteiger partial charge in [0, 0.05) is 29.7 Å². The van der Waals surface area contributed by atoms with Gasteiger partial charge in [0.25, 0.3) is 0 Å². The molecular formula is C30H38Cl2FN9O. The summed E-state index contributed by atoms with van der Waals surface area (Å²) in [5.74, 6) is -0.476. The Kier molecular flexibility index (Phi) is 11.1. The number of nitrogens with two attached hydrogens (primary N) is 3. The number of nitrogens with zero attached hydrogens (tertiary/aromatic N) is 4. The Labute approximate surface area is 259 Å². The fourth-order valence-corrected chi connectivity index (χ4v) is 5.49. The first-order valence-corrected chi connectivity index (χ1v) is 15.1. The highest BCUT2D eigenvalue weighted by atomic mass is 35.5. The maximum atomic E-state index is 15.1. The van der Waals surface area contributed by atoms with Crippen molar-refractivity contribution in [2.75, 3.05) is 13.1 Å². The van der Waals surface area contributed by atoms with Gasteiger partial charge in [-0.2, -0.15) is 4.98 Å². The molecule has 43 heavy (non-hydrogen) atoms. The smallest absolute Gasteiger partial charge is 0.354 e. The lowest BCUT2D eigenvalue weighted by Gasteiger charge is -2.19. The van der Waals surface area contributed by atoms with Crippen LogP contribution in [-0.2, 0) is 6.42 Å². The highest BCUT2D eigenvalue weighted by Crippen LogP contribution is 2.32. The van der Waals surface area contributed by atoms with E-state index in [0.717, 1.165) is 37.7 Å². The van der Waals surface area contributed by atoms with Gasteiger partial charge >= 0.3 is 5.69 Å². The lowest BCUT2D eigenvalue weighted by Crippen LogP contribution is -2.26. The Morgan fingerprint density at radius 1 is 1.16 bits per heavy atom. The molecule has 0 aliphatic carbocycles. The van der Waals surface area contributed by atoms with Gasteiger partial charge in [-0.3, -0.25) is 14.5 Å². The highest BCUT2D eigenvalue weighted by Gasteiger charge is 2.18. The summed E-state index contributed by atoms with van der Waals surface area (Å²) in [5.41, 5.74) is 19.3. The molecule has 0 saturated carbocycles. The topological polar surface area (TPSA) is 166 Å². The zero-order chi connectivity index (χ0) is 31.1. The number of aliphatic imine (C=N–C) groups is 1. The Bertz CT molecular complexity index is 1650. The van der Waals surface area contributed by atoms with Crippen LogP contribution in [0.1, 0.15) is 63.3 Å². The molecule has 3 aromatic heterocycles. The fraction of sp³-hybridized carbons (Fsp3) is 0.400. The molecule has 10 nitrogen and oxygen atoms in total. The summed E-state index contributed by atoms with van der Waals surface area (Å²) in [7, 11) is 0. The van der Waals surface area contributed by atoms with E-state index in [2.05, 4.69) is 32.2 Å². The van der Waals surface area contributed by atoms with Crippen molar-refractivity contribution in [3.8, 4) is 16.9 Å². The van der Waals surface area contributed by atoms with Gasteiger partial charge in [0.1, 0.15) is 5.65 Å². The molecule has 230 valence electrons. The Morgan fingerprint density at radius 3 is 2.65 bits per heavy atom. The van der Waals surface area contributed by atoms with Crippen LogP contribution in [0.5, 0.6) is 0 Å². The molecule has 0 radical (unpaired) electrons. The molecule has 3 heterocycles. The molecule has 8 N–H and O–H groups in total. The predicted octanol–water partition coefficient (Wildman–Crippen LogP) is 4.99. The Hall–Kier alpha value is -3.51. The standard InChI is InChI=1S/C30H38Cl2FN9O/c1-3-6-24(37-9-5-10-38-29(35)36)27-23(32)14-20(15-39-27)42-16-19-13-25(40-28(19)41-30(42)43)21-11-18(8-4-7-17(2)34)12-22(31)26(21)33/h11-17,24,37H,3-10,34H2,1-2H3,(H4,35,36,38)(H,40,41,43). The van der Waals surface area contributed by atoms with Crippen LogP contribution in [0, 0.1) is 5.82 Å². The van der Waals surface area contributed by atoms with Crippen LogP contribution >= 0.6 is 23.2 Å². The first kappa shape index (κ1) is 32.4. The van der Waals surface area contributed by atoms with Gasteiger partial charge in [0.2, 0.25) is 0 Å². The number of hydrogen-bond acceptors (Lipinski definition) is 6. The number of benzene rings is 1. The van der Waals surface area contributed by atoms with Crippen molar-refractivity contribution < 1.29 is 4.39 Å². The molecule has 0 aliphatic rings. The van der Waals surface area contributed by atoms with Gasteiger partial charge in [0.05, 0.1) is 39.4 Å². The van der Waals surface area contributed by atoms with Crippen molar-refractivity contribution in [3.63, 3.8) is 0 Å². The van der Waals surface area contributed by atoms with E-state index in [4.69, 9.17) is 40.4 Å². The van der Waals surface area contributed by atoms with Crippen molar-refractivity contribution >= 4 is 40.2 Å². The number of nitrogens with one attached hydrogen (secondary N) is 2. The number of fused-ring (bicyclic) bond motifs is 1. The van der Waals surface area contributed by atoms with Gasteiger partial charge in [-0.25, -0.2) is 9.18 Å². The van der Waals surface area contributed by atoms with Gasteiger partial charge in [-0.05, 0) is 75.4 Å². The maximum absolute atomic E-state index is 15.1. The zero-order valence-corrected chi connectivity index (χ0v) is 25.9. The maximum Gasteiger partial charge on any atom is 0.354 e. The average molecular weight is 631 g/mol. The van der Waals surface area contributed by atoms with Crippen LogP contribution in [0.4, 0.5) is 4.39 Å². The van der Waals surface area contributed by atoms with E-state index in [1.165, 1.54) is 4.57 Å². The summed E-state index contributed by atoms with van der Waals surface area (Å²) in [5, 5.41) is 4.53. The second kappa shape index (κ2) is 14.8. The number of rotatable bonds is 14. The van der Waals surface area contributed by atoms with Crippen molar-refractivity contribution in [1.29, 1.82) is 0 Å². The molecule has 13 heteroatoms. The van der Waals surface area contributed by atoms with Crippen LogP contribution in [-0.4, -0.2) is 44.6 Å². The number of halogens is 3. The SMILES string of the molecule is CCCC(NCCCN=C(N)N)c1ncc(-n2cc3cc(-c4cc(CCCC(C)N)cc(Cl)c4F)[nH]c3nc2=O)cc1Cl. The van der Waals surface area contributed by atoms with Crippen LogP contribution < -0.4 is 28.2 Å². The van der Waals surface area contributed by atoms with E-state index in [1.807, 2.05) is 6.92 Å². The molecule has 0 spiro atoms. The third-order valence-corrected chi connectivity index (χ3v) is 7.65. The second-order valence-electron chi connectivity index (χ2n) is 10.7. The van der Waals surface area contributed by atoms with E-state index in [1.54, 1.807) is 36.7 Å². The summed E-state index contributed by atoms with van der Waals surface area (Å²) in [6.07, 6.45) is 8.15. The number of H-pyrrole nitrogens is 1. The van der Waals surface area contributed by atoms with Crippen molar-refractivity contribution in [2.45, 2.75) is 64.5 Å². The zero-order valence-electron chi connectivity index (χ0n) is 24.3. The third kappa shape index (κ3) is 8.32. The molecule has 2 atom stereocenters. The van der Waals surface area contributed by atoms with E-state index >= 15 is 4.39 Å². The summed E-state index contributed by atoms with van der Waals surface area (Å²) >= 11 is 12.9. The van der Waals surface area contributed by atoms with Gasteiger partial charge in [-0.15, -0.1) is 0 Å². The summed E-state index contributed by atoms with van der Waals surface area (Å²) < 4.78 is 16.5. The average Bonchev–Trinajstić information content (AvgIpc) is 3.36. The lowest BCUT2D eigenvalue weighted by molar-refractivity contribution is 0.480. The molecule has 0 bridgehead atoms. The van der Waals surface area contributed by atoms with Crippen LogP contribution in [0.3, 0.4) is 0 Å². The number of aromatic amines is 1. The quantitative estimate of drug-likeness (QED) is 0.0744. The van der Waals surface area contributed by atoms with Crippen LogP contribution in [0.2, 0.25) is 10.0 Å². The molecule has 4 aromatic rings. The molecule has 0 amide bonds. The summed E-state index contributed by atoms with van der Waals surface area (Å²) in [4.78, 5) is 28.9. The van der Waals surface area contributed by atoms with E-state index in [9.17, 15) is 4.79 Å². The predicted molar refractivity (Wildman–Crippen MR) is 172 cm³/mol. The van der Waals surface area contributed by atoms with E-state index in [0.29, 0.717) is 58.2 Å². The van der Waals surface area contributed by atoms with Gasteiger partial charge < -0.3 is 27.5 Å². The van der Waals surface area contributed by atoms with Crippen molar-refractivity contribution in [3.05, 3.63) is 74.3 Å².